The number of carbonyl (C=O) groups is 1. The number of hydrogen-bond donors (Lipinski definition) is 0. The van der Waals surface area contributed by atoms with E-state index in [1.807, 2.05) is 32.8 Å². The smallest absolute Gasteiger partial charge is 0.257 e. The summed E-state index contributed by atoms with van der Waals surface area (Å²) in [6.07, 6.45) is 6.52. The molecule has 4 nitrogen and oxygen atoms in total. The van der Waals surface area contributed by atoms with Crippen LogP contribution in [-0.2, 0) is 7.05 Å². The van der Waals surface area contributed by atoms with Crippen molar-refractivity contribution in [3.05, 3.63) is 17.0 Å². The molecular formula is C15H25N3O. The molecule has 1 heterocycles. The molecule has 0 atom stereocenters. The minimum absolute atomic E-state index is 0.119. The predicted molar refractivity (Wildman–Crippen MR) is 76.2 cm³/mol. The van der Waals surface area contributed by atoms with Crippen LogP contribution < -0.4 is 0 Å². The summed E-state index contributed by atoms with van der Waals surface area (Å²) in [5, 5.41) is 4.33. The number of rotatable bonds is 3. The summed E-state index contributed by atoms with van der Waals surface area (Å²) in [5.41, 5.74) is 2.57. The van der Waals surface area contributed by atoms with Crippen molar-refractivity contribution < 1.29 is 4.79 Å². The monoisotopic (exact) mass is 263 g/mol. The zero-order valence-electron chi connectivity index (χ0n) is 12.6. The highest BCUT2D eigenvalue weighted by atomic mass is 16.2. The van der Waals surface area contributed by atoms with Crippen molar-refractivity contribution in [2.75, 3.05) is 13.6 Å². The lowest BCUT2D eigenvalue weighted by atomic mass is 9.89. The molecule has 0 unspecified atom stereocenters. The summed E-state index contributed by atoms with van der Waals surface area (Å²) in [6.45, 7) is 4.75. The average Bonchev–Trinajstić information content (AvgIpc) is 2.63. The molecule has 0 N–H and O–H groups in total. The van der Waals surface area contributed by atoms with Crippen molar-refractivity contribution in [3.63, 3.8) is 0 Å². The molecule has 0 radical (unpaired) electrons. The summed E-state index contributed by atoms with van der Waals surface area (Å²) in [4.78, 5) is 14.4. The molecule has 106 valence electrons. The molecule has 1 amide bonds. The fourth-order valence-corrected chi connectivity index (χ4v) is 3.11. The first-order valence-electron chi connectivity index (χ1n) is 7.26. The molecule has 1 aliphatic carbocycles. The summed E-state index contributed by atoms with van der Waals surface area (Å²) >= 11 is 0. The topological polar surface area (TPSA) is 38.1 Å². The number of hydrogen-bond acceptors (Lipinski definition) is 2. The van der Waals surface area contributed by atoms with E-state index < -0.39 is 0 Å². The highest BCUT2D eigenvalue weighted by Gasteiger charge is 2.23. The molecular weight excluding hydrogens is 238 g/mol. The van der Waals surface area contributed by atoms with Crippen LogP contribution in [0.2, 0.25) is 0 Å². The molecule has 1 aromatic rings. The fraction of sp³-hybridized carbons (Fsp3) is 0.733. The van der Waals surface area contributed by atoms with E-state index in [9.17, 15) is 4.79 Å². The minimum Gasteiger partial charge on any atom is -0.341 e. The van der Waals surface area contributed by atoms with E-state index in [-0.39, 0.29) is 5.91 Å². The Bertz CT molecular complexity index is 458. The van der Waals surface area contributed by atoms with Crippen molar-refractivity contribution in [3.8, 4) is 0 Å². The van der Waals surface area contributed by atoms with Gasteiger partial charge in [-0.2, -0.15) is 5.10 Å². The summed E-state index contributed by atoms with van der Waals surface area (Å²) in [7, 11) is 3.81. The normalized spacial score (nSPS) is 16.6. The Hall–Kier alpha value is -1.32. The Balaban J connectivity index is 2.05. The van der Waals surface area contributed by atoms with Gasteiger partial charge < -0.3 is 4.90 Å². The van der Waals surface area contributed by atoms with Crippen LogP contribution in [0.3, 0.4) is 0 Å². The second-order valence-electron chi connectivity index (χ2n) is 5.86. The first-order chi connectivity index (χ1) is 9.00. The van der Waals surface area contributed by atoms with Crippen molar-refractivity contribution in [2.24, 2.45) is 13.0 Å². The molecule has 4 heteroatoms. The Kier molecular flexibility index (Phi) is 4.27. The first kappa shape index (κ1) is 14.1. The molecule has 1 aliphatic rings. The third-order valence-corrected chi connectivity index (χ3v) is 4.33. The SMILES string of the molecule is Cc1nn(C)c(C)c1C(=O)N(C)CC1CCCCC1. The van der Waals surface area contributed by atoms with E-state index in [1.54, 1.807) is 4.68 Å². The van der Waals surface area contributed by atoms with E-state index in [2.05, 4.69) is 5.10 Å². The molecule has 2 rings (SSSR count). The predicted octanol–water partition coefficient (Wildman–Crippen LogP) is 2.69. The van der Waals surface area contributed by atoms with Gasteiger partial charge in [0.05, 0.1) is 11.3 Å². The zero-order valence-corrected chi connectivity index (χ0v) is 12.6. The van der Waals surface area contributed by atoms with Gasteiger partial charge in [0, 0.05) is 26.3 Å². The van der Waals surface area contributed by atoms with E-state index >= 15 is 0 Å². The standard InChI is InChI=1S/C15H25N3O/c1-11-14(12(2)18(4)16-11)15(19)17(3)10-13-8-6-5-7-9-13/h13H,5-10H2,1-4H3. The molecule has 0 saturated heterocycles. The first-order valence-corrected chi connectivity index (χ1v) is 7.26. The van der Waals surface area contributed by atoms with E-state index in [0.29, 0.717) is 5.92 Å². The van der Waals surface area contributed by atoms with E-state index in [4.69, 9.17) is 0 Å². The Morgan fingerprint density at radius 2 is 1.95 bits per heavy atom. The van der Waals surface area contributed by atoms with Crippen molar-refractivity contribution in [1.82, 2.24) is 14.7 Å². The zero-order chi connectivity index (χ0) is 14.0. The van der Waals surface area contributed by atoms with Gasteiger partial charge in [-0.05, 0) is 32.6 Å². The van der Waals surface area contributed by atoms with Crippen LogP contribution in [0.1, 0.15) is 53.8 Å². The number of aryl methyl sites for hydroxylation is 2. The lowest BCUT2D eigenvalue weighted by Crippen LogP contribution is -2.33. The number of carbonyl (C=O) groups excluding carboxylic acids is 1. The van der Waals surface area contributed by atoms with Crippen LogP contribution in [0.15, 0.2) is 0 Å². The van der Waals surface area contributed by atoms with Crippen LogP contribution >= 0.6 is 0 Å². The maximum absolute atomic E-state index is 12.5. The van der Waals surface area contributed by atoms with Gasteiger partial charge in [0.15, 0.2) is 0 Å². The van der Waals surface area contributed by atoms with E-state index in [1.165, 1.54) is 32.1 Å². The van der Waals surface area contributed by atoms with Gasteiger partial charge in [0.25, 0.3) is 5.91 Å². The largest absolute Gasteiger partial charge is 0.341 e. The van der Waals surface area contributed by atoms with Crippen LogP contribution in [-0.4, -0.2) is 34.2 Å². The molecule has 0 bridgehead atoms. The van der Waals surface area contributed by atoms with Gasteiger partial charge in [0.2, 0.25) is 0 Å². The molecule has 1 saturated carbocycles. The highest BCUT2D eigenvalue weighted by molar-refractivity contribution is 5.96. The second-order valence-corrected chi connectivity index (χ2v) is 5.86. The van der Waals surface area contributed by atoms with Gasteiger partial charge in [0.1, 0.15) is 0 Å². The Morgan fingerprint density at radius 1 is 1.32 bits per heavy atom. The fourth-order valence-electron chi connectivity index (χ4n) is 3.11. The molecule has 19 heavy (non-hydrogen) atoms. The van der Waals surface area contributed by atoms with Gasteiger partial charge >= 0.3 is 0 Å². The maximum Gasteiger partial charge on any atom is 0.257 e. The third kappa shape index (κ3) is 2.99. The van der Waals surface area contributed by atoms with Crippen LogP contribution in [0, 0.1) is 19.8 Å². The highest BCUT2D eigenvalue weighted by Crippen LogP contribution is 2.25. The maximum atomic E-state index is 12.5. The molecule has 1 aromatic heterocycles. The van der Waals surface area contributed by atoms with Gasteiger partial charge in [-0.15, -0.1) is 0 Å². The molecule has 0 spiro atoms. The summed E-state index contributed by atoms with van der Waals surface area (Å²) in [5.74, 6) is 0.800. The van der Waals surface area contributed by atoms with E-state index in [0.717, 1.165) is 23.5 Å². The second kappa shape index (κ2) is 5.76. The number of aromatic nitrogens is 2. The van der Waals surface area contributed by atoms with Crippen molar-refractivity contribution in [1.29, 1.82) is 0 Å². The van der Waals surface area contributed by atoms with Crippen molar-refractivity contribution in [2.45, 2.75) is 46.0 Å². The van der Waals surface area contributed by atoms with Gasteiger partial charge in [-0.25, -0.2) is 0 Å². The summed E-state index contributed by atoms with van der Waals surface area (Å²) in [6, 6.07) is 0. The lowest BCUT2D eigenvalue weighted by Gasteiger charge is -2.27. The molecule has 1 fully saturated rings. The van der Waals surface area contributed by atoms with Crippen molar-refractivity contribution >= 4 is 5.91 Å². The molecule has 0 aromatic carbocycles. The number of nitrogens with zero attached hydrogens (tertiary/aromatic N) is 3. The molecule has 0 aliphatic heterocycles. The van der Waals surface area contributed by atoms with Gasteiger partial charge in [-0.3, -0.25) is 9.48 Å². The minimum atomic E-state index is 0.119. The third-order valence-electron chi connectivity index (χ3n) is 4.33. The summed E-state index contributed by atoms with van der Waals surface area (Å²) < 4.78 is 1.79. The Labute approximate surface area is 115 Å². The quantitative estimate of drug-likeness (QED) is 0.841. The van der Waals surface area contributed by atoms with Crippen LogP contribution in [0.25, 0.3) is 0 Å². The number of amides is 1. The van der Waals surface area contributed by atoms with Gasteiger partial charge in [-0.1, -0.05) is 19.3 Å². The average molecular weight is 263 g/mol. The van der Waals surface area contributed by atoms with Crippen LogP contribution in [0.5, 0.6) is 0 Å². The Morgan fingerprint density at radius 3 is 2.47 bits per heavy atom. The van der Waals surface area contributed by atoms with Crippen LogP contribution in [0.4, 0.5) is 0 Å². The lowest BCUT2D eigenvalue weighted by molar-refractivity contribution is 0.0759.